The number of piperazine rings is 1. The summed E-state index contributed by atoms with van der Waals surface area (Å²) in [4.78, 5) is 49.3. The number of hydrogen-bond acceptors (Lipinski definition) is 4. The number of pyridine rings is 2. The second kappa shape index (κ2) is 8.95. The number of H-pyrrole nitrogens is 1. The van der Waals surface area contributed by atoms with Gasteiger partial charge in [0.1, 0.15) is 0 Å². The molecule has 7 heteroatoms. The van der Waals surface area contributed by atoms with Gasteiger partial charge in [-0.05, 0) is 48.3 Å². The van der Waals surface area contributed by atoms with Gasteiger partial charge in [-0.3, -0.25) is 19.4 Å². The number of nitrogens with one attached hydrogen (secondary N) is 1. The molecule has 7 nitrogen and oxygen atoms in total. The maximum Gasteiger partial charge on any atom is 0.255 e. The Morgan fingerprint density at radius 3 is 2.31 bits per heavy atom. The van der Waals surface area contributed by atoms with Crippen LogP contribution in [0.25, 0.3) is 10.9 Å². The van der Waals surface area contributed by atoms with E-state index >= 15 is 0 Å². The molecular weight excluding hydrogens is 440 g/mol. The van der Waals surface area contributed by atoms with Crippen molar-refractivity contribution in [2.24, 2.45) is 11.3 Å². The smallest absolute Gasteiger partial charge is 0.255 e. The molecule has 1 N–H and O–H groups in total. The van der Waals surface area contributed by atoms with Gasteiger partial charge in [0.25, 0.3) is 11.8 Å². The Bertz CT molecular complexity index is 1330. The van der Waals surface area contributed by atoms with Crippen molar-refractivity contribution >= 4 is 22.7 Å². The third kappa shape index (κ3) is 4.47. The van der Waals surface area contributed by atoms with E-state index in [0.29, 0.717) is 37.7 Å². The predicted molar refractivity (Wildman–Crippen MR) is 136 cm³/mol. The molecule has 0 saturated carbocycles. The first-order valence-corrected chi connectivity index (χ1v) is 12.4. The monoisotopic (exact) mass is 472 g/mol. The lowest BCUT2D eigenvalue weighted by molar-refractivity contribution is 0.0535. The summed E-state index contributed by atoms with van der Waals surface area (Å²) in [6.45, 7) is 8.69. The van der Waals surface area contributed by atoms with E-state index in [1.807, 2.05) is 29.2 Å². The molecule has 3 aromatic rings. The highest BCUT2D eigenvalue weighted by Crippen LogP contribution is 2.39. The first-order chi connectivity index (χ1) is 16.7. The van der Waals surface area contributed by atoms with Crippen LogP contribution in [-0.2, 0) is 12.8 Å². The van der Waals surface area contributed by atoms with Crippen molar-refractivity contribution in [3.63, 3.8) is 0 Å². The summed E-state index contributed by atoms with van der Waals surface area (Å²) in [5.74, 6) is 0.398. The summed E-state index contributed by atoms with van der Waals surface area (Å²) in [7, 11) is 0. The molecule has 2 aliphatic rings. The van der Waals surface area contributed by atoms with E-state index in [1.165, 1.54) is 12.3 Å². The molecule has 0 spiro atoms. The standard InChI is InChI=1S/C28H32N4O3/c1-28(2,3)19-9-10-23-21(16-19)25(20-6-4-5-7-22(20)30-23)27(35)32-14-12-31(13-15-32)26(34)18-8-11-24(33)29-17-18/h4-8,11,17,19H,9-10,12-16H2,1-3H3,(H,29,33). The van der Waals surface area contributed by atoms with Gasteiger partial charge in [0, 0.05) is 49.5 Å². The summed E-state index contributed by atoms with van der Waals surface area (Å²) in [5.41, 5.74) is 4.20. The fraction of sp³-hybridized carbons (Fsp3) is 0.429. The molecule has 182 valence electrons. The van der Waals surface area contributed by atoms with Crippen LogP contribution in [0.3, 0.4) is 0 Å². The Morgan fingerprint density at radius 2 is 1.66 bits per heavy atom. The lowest BCUT2D eigenvalue weighted by Gasteiger charge is -2.37. The Morgan fingerprint density at radius 1 is 0.971 bits per heavy atom. The maximum absolute atomic E-state index is 14.0. The van der Waals surface area contributed by atoms with Crippen molar-refractivity contribution in [2.45, 2.75) is 40.0 Å². The Kier molecular flexibility index (Phi) is 5.95. The highest BCUT2D eigenvalue weighted by molar-refractivity contribution is 6.08. The van der Waals surface area contributed by atoms with Crippen molar-refractivity contribution in [1.82, 2.24) is 19.8 Å². The van der Waals surface area contributed by atoms with Gasteiger partial charge in [0.2, 0.25) is 5.56 Å². The van der Waals surface area contributed by atoms with Crippen LogP contribution in [-0.4, -0.2) is 57.8 Å². The van der Waals surface area contributed by atoms with Crippen molar-refractivity contribution in [2.75, 3.05) is 26.2 Å². The van der Waals surface area contributed by atoms with Crippen molar-refractivity contribution < 1.29 is 9.59 Å². The number of carbonyl (C=O) groups is 2. The van der Waals surface area contributed by atoms with Crippen LogP contribution in [0.15, 0.2) is 47.4 Å². The molecule has 1 aromatic carbocycles. The molecule has 1 aliphatic carbocycles. The summed E-state index contributed by atoms with van der Waals surface area (Å²) in [6, 6.07) is 10.8. The number of aryl methyl sites for hydroxylation is 1. The zero-order valence-corrected chi connectivity index (χ0v) is 20.6. The topological polar surface area (TPSA) is 86.4 Å². The van der Waals surface area contributed by atoms with Crippen LogP contribution >= 0.6 is 0 Å². The van der Waals surface area contributed by atoms with Gasteiger partial charge in [-0.15, -0.1) is 0 Å². The van der Waals surface area contributed by atoms with E-state index in [4.69, 9.17) is 4.98 Å². The van der Waals surface area contributed by atoms with Crippen molar-refractivity contribution in [3.8, 4) is 0 Å². The Balaban J connectivity index is 1.42. The van der Waals surface area contributed by atoms with Crippen LogP contribution in [0.1, 0.15) is 59.2 Å². The summed E-state index contributed by atoms with van der Waals surface area (Å²) in [5, 5.41) is 0.914. The van der Waals surface area contributed by atoms with Crippen LogP contribution < -0.4 is 5.56 Å². The molecule has 2 amide bonds. The fourth-order valence-corrected chi connectivity index (χ4v) is 5.37. The van der Waals surface area contributed by atoms with Gasteiger partial charge in [0.05, 0.1) is 16.6 Å². The van der Waals surface area contributed by atoms with E-state index in [2.05, 4.69) is 25.8 Å². The molecule has 2 aromatic heterocycles. The van der Waals surface area contributed by atoms with Crippen LogP contribution in [0.4, 0.5) is 0 Å². The molecular formula is C28H32N4O3. The molecule has 35 heavy (non-hydrogen) atoms. The molecule has 0 bridgehead atoms. The van der Waals surface area contributed by atoms with Gasteiger partial charge < -0.3 is 14.8 Å². The van der Waals surface area contributed by atoms with Crippen LogP contribution in [0.2, 0.25) is 0 Å². The first-order valence-electron chi connectivity index (χ1n) is 12.4. The van der Waals surface area contributed by atoms with Gasteiger partial charge >= 0.3 is 0 Å². The quantitative estimate of drug-likeness (QED) is 0.617. The summed E-state index contributed by atoms with van der Waals surface area (Å²) >= 11 is 0. The fourth-order valence-electron chi connectivity index (χ4n) is 5.37. The van der Waals surface area contributed by atoms with E-state index in [1.54, 1.807) is 11.0 Å². The first kappa shape index (κ1) is 23.3. The van der Waals surface area contributed by atoms with Gasteiger partial charge in [-0.2, -0.15) is 0 Å². The SMILES string of the molecule is CC(C)(C)C1CCc2nc3ccccc3c(C(=O)N3CCN(C(=O)c4ccc(=O)[nH]c4)CC3)c2C1. The molecule has 3 heterocycles. The van der Waals surface area contributed by atoms with E-state index in [-0.39, 0.29) is 22.8 Å². The minimum atomic E-state index is -0.237. The van der Waals surface area contributed by atoms with E-state index in [0.717, 1.165) is 47.0 Å². The van der Waals surface area contributed by atoms with Crippen LogP contribution in [0.5, 0.6) is 0 Å². The number of fused-ring (bicyclic) bond motifs is 2. The zero-order valence-electron chi connectivity index (χ0n) is 20.6. The maximum atomic E-state index is 14.0. The molecule has 1 atom stereocenters. The van der Waals surface area contributed by atoms with Gasteiger partial charge in [-0.1, -0.05) is 39.0 Å². The largest absolute Gasteiger partial charge is 0.335 e. The molecule has 1 saturated heterocycles. The number of rotatable bonds is 2. The molecule has 0 radical (unpaired) electrons. The number of amides is 2. The summed E-state index contributed by atoms with van der Waals surface area (Å²) in [6.07, 6.45) is 4.29. The number of hydrogen-bond donors (Lipinski definition) is 1. The molecule has 5 rings (SSSR count). The lowest BCUT2D eigenvalue weighted by atomic mass is 9.70. The second-order valence-electron chi connectivity index (χ2n) is 10.8. The van der Waals surface area contributed by atoms with Crippen molar-refractivity contribution in [1.29, 1.82) is 0 Å². The molecule has 1 unspecified atom stereocenters. The average Bonchev–Trinajstić information content (AvgIpc) is 2.86. The zero-order chi connectivity index (χ0) is 24.7. The number of carbonyl (C=O) groups excluding carboxylic acids is 2. The molecule has 1 fully saturated rings. The minimum Gasteiger partial charge on any atom is -0.335 e. The third-order valence-corrected chi connectivity index (χ3v) is 7.58. The molecule has 1 aliphatic heterocycles. The average molecular weight is 473 g/mol. The summed E-state index contributed by atoms with van der Waals surface area (Å²) < 4.78 is 0. The second-order valence-corrected chi connectivity index (χ2v) is 10.8. The lowest BCUT2D eigenvalue weighted by Crippen LogP contribution is -2.51. The van der Waals surface area contributed by atoms with Crippen molar-refractivity contribution in [3.05, 3.63) is 75.3 Å². The minimum absolute atomic E-state index is 0.0329. The predicted octanol–water partition coefficient (Wildman–Crippen LogP) is 3.67. The van der Waals surface area contributed by atoms with E-state index < -0.39 is 0 Å². The Labute approximate surface area is 205 Å². The normalized spacial score (nSPS) is 18.4. The number of para-hydroxylation sites is 1. The van der Waals surface area contributed by atoms with Gasteiger partial charge in [-0.25, -0.2) is 0 Å². The number of nitrogens with zero attached hydrogens (tertiary/aromatic N) is 3. The number of aromatic nitrogens is 2. The highest BCUT2D eigenvalue weighted by atomic mass is 16.2. The number of aromatic amines is 1. The third-order valence-electron chi connectivity index (χ3n) is 7.58. The Hall–Kier alpha value is -3.48. The van der Waals surface area contributed by atoms with E-state index in [9.17, 15) is 14.4 Å². The van der Waals surface area contributed by atoms with Crippen LogP contribution in [0, 0.1) is 11.3 Å². The highest BCUT2D eigenvalue weighted by Gasteiger charge is 2.34. The van der Waals surface area contributed by atoms with Gasteiger partial charge in [0.15, 0.2) is 0 Å². The number of benzene rings is 1.